The molecule has 2 aromatic carbocycles. The number of hydrogen-bond acceptors (Lipinski definition) is 3. The first-order valence-corrected chi connectivity index (χ1v) is 10.9. The molecular weight excluding hydrogens is 368 g/mol. The largest absolute Gasteiger partial charge is 0.478 e. The molecule has 0 spiro atoms. The molecule has 1 unspecified atom stereocenters. The lowest BCUT2D eigenvalue weighted by molar-refractivity contribution is 0.0695. The maximum absolute atomic E-state index is 11.2. The topological polar surface area (TPSA) is 46.5 Å². The van der Waals surface area contributed by atoms with E-state index in [4.69, 9.17) is 4.74 Å². The molecule has 3 nitrogen and oxygen atoms in total. The van der Waals surface area contributed by atoms with Crippen molar-refractivity contribution in [2.75, 3.05) is 12.4 Å². The van der Waals surface area contributed by atoms with E-state index in [0.717, 1.165) is 16.9 Å². The number of carboxylic acid groups (broad SMARTS) is 1. The molecule has 0 bridgehead atoms. The van der Waals surface area contributed by atoms with E-state index < -0.39 is 10.9 Å². The monoisotopic (exact) mass is 396 g/mol. The Bertz CT molecular complexity index is 906. The predicted molar refractivity (Wildman–Crippen MR) is 114 cm³/mol. The van der Waals surface area contributed by atoms with Gasteiger partial charge < -0.3 is 9.84 Å². The van der Waals surface area contributed by atoms with Gasteiger partial charge in [-0.1, -0.05) is 58.0 Å². The van der Waals surface area contributed by atoms with Crippen molar-refractivity contribution in [3.8, 4) is 0 Å². The zero-order chi connectivity index (χ0) is 20.2. The van der Waals surface area contributed by atoms with Gasteiger partial charge in [0.25, 0.3) is 0 Å². The number of hydrogen-bond donors (Lipinski definition) is 1. The Labute approximate surface area is 171 Å². The second kappa shape index (κ2) is 6.64. The summed E-state index contributed by atoms with van der Waals surface area (Å²) in [6.45, 7) is 10.0. The predicted octanol–water partition coefficient (Wildman–Crippen LogP) is 5.70. The van der Waals surface area contributed by atoms with Crippen molar-refractivity contribution < 1.29 is 14.6 Å². The van der Waals surface area contributed by atoms with Crippen molar-refractivity contribution in [1.29, 1.82) is 0 Å². The average molecular weight is 397 g/mol. The van der Waals surface area contributed by atoms with Crippen LogP contribution in [0.3, 0.4) is 0 Å². The molecule has 1 atom stereocenters. The molecule has 1 heterocycles. The molecule has 2 aliphatic rings. The highest BCUT2D eigenvalue weighted by Crippen LogP contribution is 2.51. The van der Waals surface area contributed by atoms with Gasteiger partial charge in [0.05, 0.1) is 12.2 Å². The van der Waals surface area contributed by atoms with Gasteiger partial charge in [0.15, 0.2) is 4.93 Å². The molecule has 0 aromatic heterocycles. The average Bonchev–Trinajstić information content (AvgIpc) is 3.16. The summed E-state index contributed by atoms with van der Waals surface area (Å²) in [6.07, 6.45) is 2.37. The third-order valence-corrected chi connectivity index (χ3v) is 7.81. The van der Waals surface area contributed by atoms with Gasteiger partial charge in [0.1, 0.15) is 0 Å². The van der Waals surface area contributed by atoms with Crippen LogP contribution in [0.5, 0.6) is 0 Å². The van der Waals surface area contributed by atoms with Crippen molar-refractivity contribution in [3.05, 3.63) is 70.3 Å². The molecular formula is C24H28O3S. The van der Waals surface area contributed by atoms with Gasteiger partial charge in [-0.25, -0.2) is 4.79 Å². The third-order valence-electron chi connectivity index (χ3n) is 6.44. The van der Waals surface area contributed by atoms with Crippen LogP contribution in [0.2, 0.25) is 0 Å². The zero-order valence-corrected chi connectivity index (χ0v) is 17.9. The molecule has 1 saturated heterocycles. The minimum absolute atomic E-state index is 0.137. The number of thioether (sulfide) groups is 1. The molecule has 1 fully saturated rings. The fourth-order valence-electron chi connectivity index (χ4n) is 4.54. The summed E-state index contributed by atoms with van der Waals surface area (Å²) in [4.78, 5) is 10.7. The number of rotatable bonds is 3. The first-order chi connectivity index (χ1) is 13.2. The minimum atomic E-state index is -0.904. The third kappa shape index (κ3) is 3.07. The summed E-state index contributed by atoms with van der Waals surface area (Å²) in [5, 5.41) is 9.22. The fourth-order valence-corrected chi connectivity index (χ4v) is 5.76. The summed E-state index contributed by atoms with van der Waals surface area (Å²) in [7, 11) is 0. The number of carbonyl (C=O) groups is 1. The molecule has 0 radical (unpaired) electrons. The van der Waals surface area contributed by atoms with Crippen LogP contribution in [0.25, 0.3) is 0 Å². The number of benzene rings is 2. The fraction of sp³-hybridized carbons (Fsp3) is 0.458. The normalized spacial score (nSPS) is 25.3. The highest BCUT2D eigenvalue weighted by Gasteiger charge is 2.43. The number of fused-ring (bicyclic) bond motifs is 1. The highest BCUT2D eigenvalue weighted by molar-refractivity contribution is 8.00. The molecule has 0 saturated carbocycles. The van der Waals surface area contributed by atoms with E-state index in [2.05, 4.69) is 45.9 Å². The summed E-state index contributed by atoms with van der Waals surface area (Å²) < 4.78 is 6.34. The van der Waals surface area contributed by atoms with Crippen LogP contribution >= 0.6 is 11.8 Å². The van der Waals surface area contributed by atoms with Gasteiger partial charge in [-0.3, -0.25) is 0 Å². The lowest BCUT2D eigenvalue weighted by Crippen LogP contribution is -2.34. The highest BCUT2D eigenvalue weighted by atomic mass is 32.2. The Morgan fingerprint density at radius 1 is 0.929 bits per heavy atom. The van der Waals surface area contributed by atoms with E-state index in [1.807, 2.05) is 12.1 Å². The smallest absolute Gasteiger partial charge is 0.335 e. The van der Waals surface area contributed by atoms with Gasteiger partial charge in [-0.15, -0.1) is 11.8 Å². The molecule has 4 rings (SSSR count). The standard InChI is InChI=1S/C24H28O3S/c1-22(2)11-12-23(3,4)20-15-18(9-10-19(20)22)24(27-13-14-28-24)17-7-5-16(6-8-17)21(25)26/h5-10,15H,11-14H2,1-4H3,(H,25,26). The quantitative estimate of drug-likeness (QED) is 0.723. The van der Waals surface area contributed by atoms with E-state index in [-0.39, 0.29) is 10.8 Å². The van der Waals surface area contributed by atoms with E-state index in [1.165, 1.54) is 24.0 Å². The summed E-state index contributed by atoms with van der Waals surface area (Å²) in [5.41, 5.74) is 5.64. The van der Waals surface area contributed by atoms with Crippen LogP contribution < -0.4 is 0 Å². The second-order valence-corrected chi connectivity index (χ2v) is 10.5. The molecule has 1 aliphatic heterocycles. The Hall–Kier alpha value is -1.78. The van der Waals surface area contributed by atoms with Gasteiger partial charge in [0, 0.05) is 5.75 Å². The Morgan fingerprint density at radius 3 is 2.11 bits per heavy atom. The van der Waals surface area contributed by atoms with Gasteiger partial charge in [-0.05, 0) is 58.1 Å². The summed E-state index contributed by atoms with van der Waals surface area (Å²) in [5.74, 6) is 0.0190. The Kier molecular flexibility index (Phi) is 4.63. The van der Waals surface area contributed by atoms with Crippen LogP contribution in [0, 0.1) is 0 Å². The molecule has 148 valence electrons. The maximum atomic E-state index is 11.2. The van der Waals surface area contributed by atoms with E-state index in [0.29, 0.717) is 12.2 Å². The van der Waals surface area contributed by atoms with Gasteiger partial charge in [0.2, 0.25) is 0 Å². The van der Waals surface area contributed by atoms with Gasteiger partial charge in [-0.2, -0.15) is 0 Å². The lowest BCUT2D eigenvalue weighted by atomic mass is 9.63. The number of ether oxygens (including phenoxy) is 1. The summed E-state index contributed by atoms with van der Waals surface area (Å²) >= 11 is 1.79. The Morgan fingerprint density at radius 2 is 1.54 bits per heavy atom. The molecule has 1 N–H and O–H groups in total. The van der Waals surface area contributed by atoms with Gasteiger partial charge >= 0.3 is 5.97 Å². The molecule has 2 aromatic rings. The number of carboxylic acids is 1. The minimum Gasteiger partial charge on any atom is -0.478 e. The van der Waals surface area contributed by atoms with E-state index in [1.54, 1.807) is 23.9 Å². The molecule has 1 aliphatic carbocycles. The van der Waals surface area contributed by atoms with Crippen LogP contribution in [0.4, 0.5) is 0 Å². The second-order valence-electron chi connectivity index (χ2n) is 9.22. The van der Waals surface area contributed by atoms with Crippen LogP contribution in [-0.2, 0) is 20.5 Å². The van der Waals surface area contributed by atoms with E-state index >= 15 is 0 Å². The van der Waals surface area contributed by atoms with Crippen molar-refractivity contribution >= 4 is 17.7 Å². The van der Waals surface area contributed by atoms with Crippen molar-refractivity contribution in [1.82, 2.24) is 0 Å². The first-order valence-electron chi connectivity index (χ1n) is 9.93. The zero-order valence-electron chi connectivity index (χ0n) is 17.0. The van der Waals surface area contributed by atoms with Crippen LogP contribution in [-0.4, -0.2) is 23.4 Å². The van der Waals surface area contributed by atoms with Crippen molar-refractivity contribution in [2.45, 2.75) is 56.3 Å². The van der Waals surface area contributed by atoms with Crippen LogP contribution in [0.1, 0.15) is 73.1 Å². The van der Waals surface area contributed by atoms with Crippen LogP contribution in [0.15, 0.2) is 42.5 Å². The SMILES string of the molecule is CC1(C)CCC(C)(C)c2cc(C3(c4ccc(C(=O)O)cc4)OCCS3)ccc21. The summed E-state index contributed by atoms with van der Waals surface area (Å²) in [6, 6.07) is 14.0. The van der Waals surface area contributed by atoms with E-state index in [9.17, 15) is 9.90 Å². The number of aromatic carboxylic acids is 1. The molecule has 0 amide bonds. The van der Waals surface area contributed by atoms with Crippen molar-refractivity contribution in [3.63, 3.8) is 0 Å². The lowest BCUT2D eigenvalue weighted by Gasteiger charge is -2.43. The molecule has 28 heavy (non-hydrogen) atoms. The first kappa shape index (κ1) is 19.5. The van der Waals surface area contributed by atoms with Crippen molar-refractivity contribution in [2.24, 2.45) is 0 Å². The molecule has 4 heteroatoms. The Balaban J connectivity index is 1.84. The maximum Gasteiger partial charge on any atom is 0.335 e.